The van der Waals surface area contributed by atoms with Crippen LogP contribution in [-0.2, 0) is 0 Å². The molecule has 2 N–H and O–H groups in total. The second kappa shape index (κ2) is 7.31. The Morgan fingerprint density at radius 2 is 1.62 bits per heavy atom. The van der Waals surface area contributed by atoms with Gasteiger partial charge in [-0.1, -0.05) is 45.4 Å². The molecule has 1 unspecified atom stereocenters. The highest BCUT2D eigenvalue weighted by molar-refractivity contribution is 4.73. The zero-order valence-electron chi connectivity index (χ0n) is 9.11. The van der Waals surface area contributed by atoms with Gasteiger partial charge < -0.3 is 5.73 Å². The summed E-state index contributed by atoms with van der Waals surface area (Å²) in [6.45, 7) is 3.95. The summed E-state index contributed by atoms with van der Waals surface area (Å²) in [5, 5.41) is 0. The predicted molar refractivity (Wildman–Crippen MR) is 56.6 cm³/mol. The van der Waals surface area contributed by atoms with Gasteiger partial charge in [0, 0.05) is 6.54 Å². The Morgan fingerprint density at radius 3 is 2.15 bits per heavy atom. The first-order chi connectivity index (χ1) is 6.12. The van der Waals surface area contributed by atoms with Crippen molar-refractivity contribution in [3.05, 3.63) is 0 Å². The van der Waals surface area contributed by atoms with E-state index in [0.717, 1.165) is 12.8 Å². The molecular weight excluding hydrogens is 165 g/mol. The molecule has 0 spiro atoms. The van der Waals surface area contributed by atoms with E-state index in [1.165, 1.54) is 25.7 Å². The van der Waals surface area contributed by atoms with Gasteiger partial charge in [0.1, 0.15) is 5.67 Å². The van der Waals surface area contributed by atoms with Crippen LogP contribution in [0, 0.1) is 0 Å². The van der Waals surface area contributed by atoms with Crippen molar-refractivity contribution in [2.24, 2.45) is 5.73 Å². The molecule has 0 bridgehead atoms. The summed E-state index contributed by atoms with van der Waals surface area (Å²) in [6.07, 6.45) is 7.87. The molecule has 0 aromatic heterocycles. The van der Waals surface area contributed by atoms with E-state index in [4.69, 9.17) is 5.73 Å². The van der Waals surface area contributed by atoms with Gasteiger partial charge in [-0.25, -0.2) is 4.39 Å². The van der Waals surface area contributed by atoms with Gasteiger partial charge in [-0.2, -0.15) is 0 Å². The molecule has 1 nitrogen and oxygen atoms in total. The molecular formula is C11H24FN. The van der Waals surface area contributed by atoms with Crippen LogP contribution < -0.4 is 5.73 Å². The van der Waals surface area contributed by atoms with Crippen LogP contribution in [0.3, 0.4) is 0 Å². The summed E-state index contributed by atoms with van der Waals surface area (Å²) in [5.74, 6) is 0. The molecule has 0 aliphatic carbocycles. The van der Waals surface area contributed by atoms with E-state index in [2.05, 4.69) is 6.92 Å². The minimum atomic E-state index is -1.13. The number of hydrogen-bond acceptors (Lipinski definition) is 1. The van der Waals surface area contributed by atoms with E-state index in [0.29, 0.717) is 6.42 Å². The van der Waals surface area contributed by atoms with Gasteiger partial charge in [0.2, 0.25) is 0 Å². The van der Waals surface area contributed by atoms with Gasteiger partial charge >= 0.3 is 0 Å². The maximum absolute atomic E-state index is 13.3. The first-order valence-electron chi connectivity index (χ1n) is 5.51. The largest absolute Gasteiger partial charge is 0.328 e. The molecule has 1 atom stereocenters. The van der Waals surface area contributed by atoms with E-state index in [-0.39, 0.29) is 6.54 Å². The van der Waals surface area contributed by atoms with Crippen molar-refractivity contribution < 1.29 is 4.39 Å². The topological polar surface area (TPSA) is 26.0 Å². The van der Waals surface area contributed by atoms with Gasteiger partial charge in [0.25, 0.3) is 0 Å². The summed E-state index contributed by atoms with van der Waals surface area (Å²) < 4.78 is 13.3. The molecule has 0 aromatic carbocycles. The number of unbranched alkanes of at least 4 members (excludes halogenated alkanes) is 5. The van der Waals surface area contributed by atoms with Crippen molar-refractivity contribution >= 4 is 0 Å². The van der Waals surface area contributed by atoms with Gasteiger partial charge in [-0.3, -0.25) is 0 Å². The lowest BCUT2D eigenvalue weighted by molar-refractivity contribution is 0.180. The maximum atomic E-state index is 13.3. The molecule has 0 aliphatic rings. The van der Waals surface area contributed by atoms with Crippen LogP contribution in [-0.4, -0.2) is 12.2 Å². The number of alkyl halides is 1. The van der Waals surface area contributed by atoms with Crippen LogP contribution in [0.2, 0.25) is 0 Å². The molecule has 80 valence electrons. The minimum absolute atomic E-state index is 0.155. The van der Waals surface area contributed by atoms with Crippen molar-refractivity contribution in [3.63, 3.8) is 0 Å². The zero-order chi connectivity index (χ0) is 10.2. The Balaban J connectivity index is 3.16. The van der Waals surface area contributed by atoms with Crippen molar-refractivity contribution in [3.8, 4) is 0 Å². The van der Waals surface area contributed by atoms with Crippen molar-refractivity contribution in [2.45, 2.75) is 64.5 Å². The Labute approximate surface area is 81.9 Å². The lowest BCUT2D eigenvalue weighted by atomic mass is 9.99. The summed E-state index contributed by atoms with van der Waals surface area (Å²) in [5.41, 5.74) is 4.16. The second-order valence-corrected chi connectivity index (χ2v) is 4.14. The fraction of sp³-hybridized carbons (Fsp3) is 1.00. The van der Waals surface area contributed by atoms with E-state index in [1.807, 2.05) is 0 Å². The third-order valence-corrected chi connectivity index (χ3v) is 2.48. The van der Waals surface area contributed by atoms with Crippen molar-refractivity contribution in [1.29, 1.82) is 0 Å². The molecule has 0 radical (unpaired) electrons. The molecule has 0 aromatic rings. The molecule has 0 saturated heterocycles. The number of nitrogens with two attached hydrogens (primary N) is 1. The van der Waals surface area contributed by atoms with Crippen LogP contribution in [0.4, 0.5) is 4.39 Å². The van der Waals surface area contributed by atoms with Crippen LogP contribution in [0.1, 0.15) is 58.8 Å². The van der Waals surface area contributed by atoms with Gasteiger partial charge in [0.15, 0.2) is 0 Å². The molecule has 2 heteroatoms. The molecule has 13 heavy (non-hydrogen) atoms. The fourth-order valence-corrected chi connectivity index (χ4v) is 1.38. The normalized spacial score (nSPS) is 15.7. The molecule has 0 heterocycles. The lowest BCUT2D eigenvalue weighted by Crippen LogP contribution is -2.28. The highest BCUT2D eigenvalue weighted by Crippen LogP contribution is 2.18. The van der Waals surface area contributed by atoms with E-state index in [1.54, 1.807) is 6.92 Å². The Bertz CT molecular complexity index is 113. The van der Waals surface area contributed by atoms with Crippen LogP contribution in [0.15, 0.2) is 0 Å². The van der Waals surface area contributed by atoms with Crippen LogP contribution >= 0.6 is 0 Å². The molecule has 0 rings (SSSR count). The van der Waals surface area contributed by atoms with Crippen LogP contribution in [0.25, 0.3) is 0 Å². The quantitative estimate of drug-likeness (QED) is 0.582. The maximum Gasteiger partial charge on any atom is 0.120 e. The number of halogens is 1. The summed E-state index contributed by atoms with van der Waals surface area (Å²) in [4.78, 5) is 0. The average Bonchev–Trinajstić information content (AvgIpc) is 2.11. The summed E-state index contributed by atoms with van der Waals surface area (Å²) in [6, 6.07) is 0. The third-order valence-electron chi connectivity index (χ3n) is 2.48. The standard InChI is InChI=1S/C11H24FN/c1-3-4-5-6-7-8-9-11(2,12)10-13/h3-10,13H2,1-2H3. The Morgan fingerprint density at radius 1 is 1.08 bits per heavy atom. The lowest BCUT2D eigenvalue weighted by Gasteiger charge is -2.17. The first kappa shape index (κ1) is 12.9. The highest BCUT2D eigenvalue weighted by Gasteiger charge is 2.19. The number of hydrogen-bond donors (Lipinski definition) is 1. The fourth-order valence-electron chi connectivity index (χ4n) is 1.38. The van der Waals surface area contributed by atoms with Gasteiger partial charge in [-0.05, 0) is 13.3 Å². The molecule has 0 fully saturated rings. The minimum Gasteiger partial charge on any atom is -0.328 e. The smallest absolute Gasteiger partial charge is 0.120 e. The van der Waals surface area contributed by atoms with Gasteiger partial charge in [0.05, 0.1) is 0 Å². The highest BCUT2D eigenvalue weighted by atomic mass is 19.1. The molecule has 0 saturated carbocycles. The van der Waals surface area contributed by atoms with Crippen molar-refractivity contribution in [2.75, 3.05) is 6.54 Å². The zero-order valence-corrected chi connectivity index (χ0v) is 9.11. The molecule has 0 aliphatic heterocycles. The number of rotatable bonds is 8. The Kier molecular flexibility index (Phi) is 7.25. The van der Waals surface area contributed by atoms with Crippen molar-refractivity contribution in [1.82, 2.24) is 0 Å². The van der Waals surface area contributed by atoms with E-state index in [9.17, 15) is 4.39 Å². The summed E-state index contributed by atoms with van der Waals surface area (Å²) >= 11 is 0. The average molecular weight is 189 g/mol. The van der Waals surface area contributed by atoms with Crippen LogP contribution in [0.5, 0.6) is 0 Å². The van der Waals surface area contributed by atoms with E-state index >= 15 is 0 Å². The Hall–Kier alpha value is -0.110. The molecule has 0 amide bonds. The third kappa shape index (κ3) is 8.23. The summed E-state index contributed by atoms with van der Waals surface area (Å²) in [7, 11) is 0. The monoisotopic (exact) mass is 189 g/mol. The van der Waals surface area contributed by atoms with E-state index < -0.39 is 5.67 Å². The predicted octanol–water partition coefficient (Wildman–Crippen LogP) is 3.42. The SMILES string of the molecule is CCCCCCCCC(C)(F)CN. The first-order valence-corrected chi connectivity index (χ1v) is 5.51. The second-order valence-electron chi connectivity index (χ2n) is 4.14. The van der Waals surface area contributed by atoms with Gasteiger partial charge in [-0.15, -0.1) is 0 Å².